The summed E-state index contributed by atoms with van der Waals surface area (Å²) in [6.07, 6.45) is 18.5. The van der Waals surface area contributed by atoms with Crippen LogP contribution in [0.4, 0.5) is 0 Å². The van der Waals surface area contributed by atoms with E-state index in [0.29, 0.717) is 20.6 Å². The first-order chi connectivity index (χ1) is 16.4. The molecule has 37 heavy (non-hydrogen) atoms. The number of hydrogen-bond donors (Lipinski definition) is 0. The average Bonchev–Trinajstić information content (AvgIpc) is 3.41. The van der Waals surface area contributed by atoms with Crippen molar-refractivity contribution >= 4 is 15.8 Å². The summed E-state index contributed by atoms with van der Waals surface area (Å²) in [6, 6.07) is 10.0. The zero-order valence-electron chi connectivity index (χ0n) is 25.6. The molecule has 1 aromatic rings. The van der Waals surface area contributed by atoms with E-state index in [9.17, 15) is 0 Å². The van der Waals surface area contributed by atoms with E-state index in [4.69, 9.17) is 0 Å². The summed E-state index contributed by atoms with van der Waals surface area (Å²) < 4.78 is 0. The summed E-state index contributed by atoms with van der Waals surface area (Å²) >= 11 is 0. The Balaban J connectivity index is 0.00000102. The number of rotatable bonds is 4. The summed E-state index contributed by atoms with van der Waals surface area (Å²) in [7, 11) is -0.330. The van der Waals surface area contributed by atoms with E-state index in [-0.39, 0.29) is 32.9 Å². The van der Waals surface area contributed by atoms with Crippen LogP contribution in [0.15, 0.2) is 89.1 Å². The topological polar surface area (TPSA) is 0 Å². The minimum Gasteiger partial charge on any atom is -0.214 e. The van der Waals surface area contributed by atoms with Gasteiger partial charge in [0, 0.05) is 0 Å². The smallest absolute Gasteiger partial charge is 0.214 e. The van der Waals surface area contributed by atoms with Crippen molar-refractivity contribution in [1.82, 2.24) is 0 Å². The molecule has 0 radical (unpaired) electrons. The standard InChI is InChI=1S/C29H47P2.C5H5.Fe/c1-26(2,3)30(27(4,5)6)20-24-18-23(22-16-14-13-15-17-22)19-25(24)21-31(28(7,8)9)29(10,11)12;1-2-4-5-3-1;/h13-19H,20-21H2,1-12H3;1-5H;/q2*-1;+2. The fourth-order valence-corrected chi connectivity index (χ4v) is 12.5. The Morgan fingerprint density at radius 3 is 1.30 bits per heavy atom. The van der Waals surface area contributed by atoms with E-state index in [1.807, 2.05) is 30.3 Å². The van der Waals surface area contributed by atoms with Gasteiger partial charge in [-0.05, 0) is 44.1 Å². The molecule has 206 valence electrons. The predicted octanol–water partition coefficient (Wildman–Crippen LogP) is 11.0. The molecule has 2 aliphatic carbocycles. The Kier molecular flexibility index (Phi) is 12.6. The largest absolute Gasteiger partial charge is 2.00 e. The van der Waals surface area contributed by atoms with Crippen LogP contribution in [0.1, 0.15) is 83.1 Å². The zero-order chi connectivity index (χ0) is 27.4. The van der Waals surface area contributed by atoms with Crippen LogP contribution in [0.5, 0.6) is 0 Å². The van der Waals surface area contributed by atoms with E-state index < -0.39 is 0 Å². The second-order valence-electron chi connectivity index (χ2n) is 14.0. The first-order valence-corrected chi connectivity index (χ1v) is 16.5. The molecule has 0 saturated carbocycles. The molecule has 3 heteroatoms. The van der Waals surface area contributed by atoms with E-state index in [2.05, 4.69) is 126 Å². The van der Waals surface area contributed by atoms with Crippen LogP contribution in [-0.2, 0) is 17.1 Å². The molecular formula is C34H52FeP2. The van der Waals surface area contributed by atoms with Gasteiger partial charge in [-0.2, -0.15) is 18.2 Å². The molecule has 2 aliphatic rings. The quantitative estimate of drug-likeness (QED) is 0.189. The molecule has 0 fully saturated rings. The molecule has 0 heterocycles. The second-order valence-corrected chi connectivity index (χ2v) is 21.7. The third-order valence-corrected chi connectivity index (χ3v) is 14.4. The van der Waals surface area contributed by atoms with Crippen LogP contribution in [0.3, 0.4) is 0 Å². The van der Waals surface area contributed by atoms with Gasteiger partial charge in [-0.25, -0.2) is 12.1 Å². The molecule has 0 aromatic heterocycles. The summed E-state index contributed by atoms with van der Waals surface area (Å²) in [5.41, 5.74) is 5.97. The van der Waals surface area contributed by atoms with Crippen LogP contribution in [-0.4, -0.2) is 32.9 Å². The van der Waals surface area contributed by atoms with Gasteiger partial charge in [0.2, 0.25) is 0 Å². The fraction of sp³-hybridized carbons (Fsp3) is 0.529. The van der Waals surface area contributed by atoms with Crippen molar-refractivity contribution < 1.29 is 17.1 Å². The molecule has 0 N–H and O–H groups in total. The Morgan fingerprint density at radius 1 is 0.622 bits per heavy atom. The van der Waals surface area contributed by atoms with Gasteiger partial charge in [-0.1, -0.05) is 117 Å². The van der Waals surface area contributed by atoms with Crippen molar-refractivity contribution in [1.29, 1.82) is 0 Å². The first-order valence-electron chi connectivity index (χ1n) is 13.5. The van der Waals surface area contributed by atoms with Crippen LogP contribution in [0.2, 0.25) is 0 Å². The first kappa shape index (κ1) is 34.3. The Bertz CT molecular complexity index is 891. The normalized spacial score (nSPS) is 16.3. The van der Waals surface area contributed by atoms with Crippen molar-refractivity contribution in [2.45, 2.75) is 104 Å². The molecule has 0 atom stereocenters. The van der Waals surface area contributed by atoms with E-state index in [0.717, 1.165) is 0 Å². The van der Waals surface area contributed by atoms with E-state index >= 15 is 0 Å². The predicted molar refractivity (Wildman–Crippen MR) is 170 cm³/mol. The van der Waals surface area contributed by atoms with Crippen LogP contribution in [0.25, 0.3) is 0 Å². The average molecular weight is 579 g/mol. The van der Waals surface area contributed by atoms with Crippen molar-refractivity contribution in [3.05, 3.63) is 95.5 Å². The summed E-state index contributed by atoms with van der Waals surface area (Å²) in [5.74, 6) is 0. The summed E-state index contributed by atoms with van der Waals surface area (Å²) in [6.45, 7) is 29.4. The fourth-order valence-electron chi connectivity index (χ4n) is 5.32. The zero-order valence-corrected chi connectivity index (χ0v) is 28.5. The van der Waals surface area contributed by atoms with Crippen molar-refractivity contribution in [2.75, 3.05) is 12.3 Å². The van der Waals surface area contributed by atoms with Crippen LogP contribution in [0, 0.1) is 6.42 Å². The van der Waals surface area contributed by atoms with Crippen LogP contribution < -0.4 is 0 Å². The molecule has 0 nitrogen and oxygen atoms in total. The molecule has 0 spiro atoms. The van der Waals surface area contributed by atoms with E-state index in [1.165, 1.54) is 23.5 Å². The SMILES string of the molecule is CC(C)(C)P(CC1=CC(=C2C=CC=C[CH-]2)C=C1CP(C(C)(C)C)C(C)(C)C)C(C)(C)C.[Fe+2].c1cc[cH-]c1. The maximum atomic E-state index is 2.52. The Hall–Kier alpha value is -0.701. The van der Waals surface area contributed by atoms with Gasteiger partial charge < -0.3 is 0 Å². The Morgan fingerprint density at radius 2 is 1.03 bits per heavy atom. The minimum atomic E-state index is -0.165. The Labute approximate surface area is 243 Å². The van der Waals surface area contributed by atoms with Crippen molar-refractivity contribution in [2.24, 2.45) is 0 Å². The molecular weight excluding hydrogens is 526 g/mol. The molecule has 3 rings (SSSR count). The maximum absolute atomic E-state index is 2.52. The van der Waals surface area contributed by atoms with Crippen LogP contribution >= 0.6 is 15.8 Å². The third kappa shape index (κ3) is 10.8. The van der Waals surface area contributed by atoms with Gasteiger partial charge in [-0.3, -0.25) is 0 Å². The maximum Gasteiger partial charge on any atom is 2.00 e. The molecule has 0 saturated heterocycles. The van der Waals surface area contributed by atoms with Crippen molar-refractivity contribution in [3.8, 4) is 0 Å². The minimum absolute atomic E-state index is 0. The molecule has 1 aromatic carbocycles. The number of allylic oxidation sites excluding steroid dienone is 10. The molecule has 0 unspecified atom stereocenters. The van der Waals surface area contributed by atoms with Gasteiger partial charge in [-0.15, -0.1) is 36.3 Å². The second kappa shape index (κ2) is 13.6. The monoisotopic (exact) mass is 578 g/mol. The summed E-state index contributed by atoms with van der Waals surface area (Å²) in [5, 5.41) is 1.36. The number of hydrogen-bond acceptors (Lipinski definition) is 0. The third-order valence-electron chi connectivity index (χ3n) is 6.63. The van der Waals surface area contributed by atoms with Gasteiger partial charge in [0.1, 0.15) is 0 Å². The molecule has 0 bridgehead atoms. The summed E-state index contributed by atoms with van der Waals surface area (Å²) in [4.78, 5) is 0. The molecule has 0 amide bonds. The van der Waals surface area contributed by atoms with Gasteiger partial charge in [0.15, 0.2) is 0 Å². The van der Waals surface area contributed by atoms with Crippen molar-refractivity contribution in [3.63, 3.8) is 0 Å². The van der Waals surface area contributed by atoms with E-state index in [1.54, 1.807) is 11.1 Å². The van der Waals surface area contributed by atoms with Gasteiger partial charge in [0.05, 0.1) is 0 Å². The van der Waals surface area contributed by atoms with Gasteiger partial charge in [0.25, 0.3) is 0 Å². The van der Waals surface area contributed by atoms with Gasteiger partial charge >= 0.3 is 17.1 Å². The molecule has 0 aliphatic heterocycles.